The Labute approximate surface area is 124 Å². The molecule has 2 rings (SSSR count). The Bertz CT molecular complexity index is 714. The van der Waals surface area contributed by atoms with Crippen LogP contribution >= 0.6 is 23.2 Å². The fourth-order valence-electron chi connectivity index (χ4n) is 1.76. The summed E-state index contributed by atoms with van der Waals surface area (Å²) in [6.07, 6.45) is 0. The molecular weight excluding hydrogens is 301 g/mol. The van der Waals surface area contributed by atoms with Crippen LogP contribution in [-0.2, 0) is 0 Å². The van der Waals surface area contributed by atoms with Crippen LogP contribution in [0.5, 0.6) is 0 Å². The molecule has 0 aliphatic heterocycles. The maximum atomic E-state index is 11.3. The summed E-state index contributed by atoms with van der Waals surface area (Å²) in [6, 6.07) is 8.95. The SMILES string of the molecule is NC(=O)c1cc(-c2cc(C(=O)O)ccc2Cl)ccc1Cl. The fourth-order valence-corrected chi connectivity index (χ4v) is 2.20. The Hall–Kier alpha value is -2.04. The van der Waals surface area contributed by atoms with Gasteiger partial charge in [0, 0.05) is 10.6 Å². The first-order valence-electron chi connectivity index (χ1n) is 5.52. The number of amides is 1. The predicted octanol–water partition coefficient (Wildman–Crippen LogP) is 3.46. The van der Waals surface area contributed by atoms with Crippen LogP contribution in [0.4, 0.5) is 0 Å². The van der Waals surface area contributed by atoms with Gasteiger partial charge in [0.2, 0.25) is 5.91 Å². The van der Waals surface area contributed by atoms with Crippen LogP contribution in [0.15, 0.2) is 36.4 Å². The van der Waals surface area contributed by atoms with E-state index in [-0.39, 0.29) is 16.1 Å². The van der Waals surface area contributed by atoms with Crippen molar-refractivity contribution in [2.45, 2.75) is 0 Å². The van der Waals surface area contributed by atoms with Gasteiger partial charge in [-0.1, -0.05) is 29.3 Å². The molecule has 2 aromatic rings. The van der Waals surface area contributed by atoms with Gasteiger partial charge in [0.05, 0.1) is 16.1 Å². The number of halogens is 2. The molecule has 4 nitrogen and oxygen atoms in total. The molecule has 0 radical (unpaired) electrons. The van der Waals surface area contributed by atoms with Crippen molar-refractivity contribution >= 4 is 35.1 Å². The van der Waals surface area contributed by atoms with E-state index in [4.69, 9.17) is 34.0 Å². The van der Waals surface area contributed by atoms with Crippen molar-refractivity contribution in [3.63, 3.8) is 0 Å². The van der Waals surface area contributed by atoms with E-state index in [0.29, 0.717) is 16.1 Å². The van der Waals surface area contributed by atoms with Gasteiger partial charge in [0.15, 0.2) is 0 Å². The molecule has 0 aliphatic rings. The van der Waals surface area contributed by atoms with Crippen molar-refractivity contribution in [1.82, 2.24) is 0 Å². The van der Waals surface area contributed by atoms with Gasteiger partial charge in [-0.25, -0.2) is 4.79 Å². The number of carboxylic acids is 1. The molecule has 0 saturated carbocycles. The van der Waals surface area contributed by atoms with Gasteiger partial charge in [-0.3, -0.25) is 4.79 Å². The van der Waals surface area contributed by atoms with E-state index in [1.54, 1.807) is 6.07 Å². The summed E-state index contributed by atoms with van der Waals surface area (Å²) < 4.78 is 0. The highest BCUT2D eigenvalue weighted by Crippen LogP contribution is 2.31. The summed E-state index contributed by atoms with van der Waals surface area (Å²) >= 11 is 11.9. The summed E-state index contributed by atoms with van der Waals surface area (Å²) in [6.45, 7) is 0. The van der Waals surface area contributed by atoms with Crippen LogP contribution in [0, 0.1) is 0 Å². The highest BCUT2D eigenvalue weighted by molar-refractivity contribution is 6.34. The second-order valence-electron chi connectivity index (χ2n) is 4.06. The lowest BCUT2D eigenvalue weighted by Gasteiger charge is -2.08. The average Bonchev–Trinajstić information content (AvgIpc) is 2.39. The molecule has 0 aromatic heterocycles. The molecule has 0 fully saturated rings. The third kappa shape index (κ3) is 2.76. The number of nitrogens with two attached hydrogens (primary N) is 1. The Morgan fingerprint density at radius 2 is 1.65 bits per heavy atom. The van der Waals surface area contributed by atoms with Crippen molar-refractivity contribution in [2.24, 2.45) is 5.73 Å². The molecule has 3 N–H and O–H groups in total. The number of carbonyl (C=O) groups excluding carboxylic acids is 1. The van der Waals surface area contributed by atoms with Gasteiger partial charge < -0.3 is 10.8 Å². The van der Waals surface area contributed by atoms with E-state index in [2.05, 4.69) is 0 Å². The summed E-state index contributed by atoms with van der Waals surface area (Å²) in [5, 5.41) is 9.59. The maximum absolute atomic E-state index is 11.3. The molecule has 20 heavy (non-hydrogen) atoms. The second kappa shape index (κ2) is 5.53. The van der Waals surface area contributed by atoms with Crippen molar-refractivity contribution in [2.75, 3.05) is 0 Å². The lowest BCUT2D eigenvalue weighted by Crippen LogP contribution is -2.11. The lowest BCUT2D eigenvalue weighted by atomic mass is 10.0. The van der Waals surface area contributed by atoms with Crippen molar-refractivity contribution in [3.05, 3.63) is 57.6 Å². The fraction of sp³-hybridized carbons (Fsp3) is 0. The average molecular weight is 310 g/mol. The van der Waals surface area contributed by atoms with Crippen molar-refractivity contribution < 1.29 is 14.7 Å². The van der Waals surface area contributed by atoms with E-state index in [1.807, 2.05) is 0 Å². The number of primary amides is 1. The van der Waals surface area contributed by atoms with Gasteiger partial charge in [-0.2, -0.15) is 0 Å². The maximum Gasteiger partial charge on any atom is 0.335 e. The Morgan fingerprint density at radius 1 is 1.00 bits per heavy atom. The summed E-state index contributed by atoms with van der Waals surface area (Å²) in [4.78, 5) is 22.3. The van der Waals surface area contributed by atoms with E-state index < -0.39 is 11.9 Å². The van der Waals surface area contributed by atoms with Gasteiger partial charge >= 0.3 is 5.97 Å². The van der Waals surface area contributed by atoms with Gasteiger partial charge in [-0.05, 0) is 35.9 Å². The van der Waals surface area contributed by atoms with Crippen LogP contribution in [0.1, 0.15) is 20.7 Å². The Kier molecular flexibility index (Phi) is 3.97. The molecule has 0 saturated heterocycles. The highest BCUT2D eigenvalue weighted by Gasteiger charge is 2.12. The third-order valence-electron chi connectivity index (χ3n) is 2.76. The van der Waals surface area contributed by atoms with Crippen LogP contribution in [0.25, 0.3) is 11.1 Å². The zero-order valence-electron chi connectivity index (χ0n) is 10.1. The van der Waals surface area contributed by atoms with Crippen LogP contribution in [0.2, 0.25) is 10.0 Å². The van der Waals surface area contributed by atoms with Crippen molar-refractivity contribution in [1.29, 1.82) is 0 Å². The van der Waals surface area contributed by atoms with Gasteiger partial charge in [-0.15, -0.1) is 0 Å². The molecule has 0 aliphatic carbocycles. The highest BCUT2D eigenvalue weighted by atomic mass is 35.5. The molecular formula is C14H9Cl2NO3. The molecule has 0 atom stereocenters. The zero-order valence-corrected chi connectivity index (χ0v) is 11.6. The smallest absolute Gasteiger partial charge is 0.335 e. The summed E-state index contributed by atoms with van der Waals surface area (Å²) in [5.74, 6) is -1.73. The van der Waals surface area contributed by atoms with E-state index in [9.17, 15) is 9.59 Å². The second-order valence-corrected chi connectivity index (χ2v) is 4.87. The first kappa shape index (κ1) is 14.4. The minimum Gasteiger partial charge on any atom is -0.478 e. The molecule has 1 amide bonds. The normalized spacial score (nSPS) is 10.3. The molecule has 0 spiro atoms. The minimum atomic E-state index is -1.06. The van der Waals surface area contributed by atoms with Gasteiger partial charge in [0.1, 0.15) is 0 Å². The number of aromatic carboxylic acids is 1. The molecule has 6 heteroatoms. The summed E-state index contributed by atoms with van der Waals surface area (Å²) in [7, 11) is 0. The molecule has 2 aromatic carbocycles. The zero-order chi connectivity index (χ0) is 14.9. The quantitative estimate of drug-likeness (QED) is 0.911. The van der Waals surface area contributed by atoms with E-state index in [0.717, 1.165) is 0 Å². The van der Waals surface area contributed by atoms with Crippen molar-refractivity contribution in [3.8, 4) is 11.1 Å². The number of carbonyl (C=O) groups is 2. The molecule has 0 unspecified atom stereocenters. The van der Waals surface area contributed by atoms with Gasteiger partial charge in [0.25, 0.3) is 0 Å². The van der Waals surface area contributed by atoms with E-state index >= 15 is 0 Å². The van der Waals surface area contributed by atoms with Crippen LogP contribution in [0.3, 0.4) is 0 Å². The number of rotatable bonds is 3. The van der Waals surface area contributed by atoms with Crippen LogP contribution in [-0.4, -0.2) is 17.0 Å². The standard InChI is InChI=1S/C14H9Cl2NO3/c15-11-4-2-8(14(19)20)6-9(11)7-1-3-12(16)10(5-7)13(17)18/h1-6H,(H2,17,18)(H,19,20). The largest absolute Gasteiger partial charge is 0.478 e. The monoisotopic (exact) mass is 309 g/mol. The summed E-state index contributed by atoms with van der Waals surface area (Å²) in [5.41, 5.74) is 6.54. The minimum absolute atomic E-state index is 0.0972. The Balaban J connectivity index is 2.62. The Morgan fingerprint density at radius 3 is 2.25 bits per heavy atom. The first-order valence-corrected chi connectivity index (χ1v) is 6.28. The first-order chi connectivity index (χ1) is 9.40. The van der Waals surface area contributed by atoms with Crippen LogP contribution < -0.4 is 5.73 Å². The molecule has 0 heterocycles. The number of carboxylic acid groups (broad SMARTS) is 1. The molecule has 0 bridgehead atoms. The van der Waals surface area contributed by atoms with E-state index in [1.165, 1.54) is 30.3 Å². The molecule has 102 valence electrons. The number of hydrogen-bond donors (Lipinski definition) is 2. The topological polar surface area (TPSA) is 80.4 Å². The number of hydrogen-bond acceptors (Lipinski definition) is 2. The third-order valence-corrected chi connectivity index (χ3v) is 3.42. The predicted molar refractivity (Wildman–Crippen MR) is 77.4 cm³/mol. The lowest BCUT2D eigenvalue weighted by molar-refractivity contribution is 0.0696. The number of benzene rings is 2.